The molecule has 92 valence electrons. The number of hydrogen-bond donors (Lipinski definition) is 3. The van der Waals surface area contributed by atoms with Crippen LogP contribution in [0.15, 0.2) is 24.5 Å². The van der Waals surface area contributed by atoms with E-state index < -0.39 is 5.60 Å². The molecule has 0 saturated carbocycles. The molecule has 2 aromatic heterocycles. The van der Waals surface area contributed by atoms with Crippen molar-refractivity contribution in [3.8, 4) is 0 Å². The SMILES string of the molecule is CCC(C)(O)CNCc1c[nH]c2ncccc12. The van der Waals surface area contributed by atoms with Crippen LogP contribution < -0.4 is 5.32 Å². The van der Waals surface area contributed by atoms with E-state index in [1.165, 1.54) is 5.56 Å². The molecule has 4 nitrogen and oxygen atoms in total. The average molecular weight is 233 g/mol. The molecule has 1 unspecified atom stereocenters. The molecule has 0 radical (unpaired) electrons. The van der Waals surface area contributed by atoms with Crippen molar-refractivity contribution in [3.63, 3.8) is 0 Å². The summed E-state index contributed by atoms with van der Waals surface area (Å²) in [6, 6.07) is 3.98. The highest BCUT2D eigenvalue weighted by Crippen LogP contribution is 2.15. The van der Waals surface area contributed by atoms with E-state index in [-0.39, 0.29) is 0 Å². The highest BCUT2D eigenvalue weighted by Gasteiger charge is 2.16. The third-order valence-corrected chi connectivity index (χ3v) is 3.12. The van der Waals surface area contributed by atoms with E-state index in [1.54, 1.807) is 6.20 Å². The van der Waals surface area contributed by atoms with Gasteiger partial charge in [0.1, 0.15) is 5.65 Å². The summed E-state index contributed by atoms with van der Waals surface area (Å²) in [5, 5.41) is 14.3. The second-order valence-electron chi connectivity index (χ2n) is 4.67. The summed E-state index contributed by atoms with van der Waals surface area (Å²) in [5.74, 6) is 0. The van der Waals surface area contributed by atoms with Crippen LogP contribution in [0.5, 0.6) is 0 Å². The number of nitrogens with one attached hydrogen (secondary N) is 2. The van der Waals surface area contributed by atoms with Crippen molar-refractivity contribution in [1.29, 1.82) is 0 Å². The average Bonchev–Trinajstić information content (AvgIpc) is 2.73. The first kappa shape index (κ1) is 12.1. The van der Waals surface area contributed by atoms with Gasteiger partial charge in [-0.1, -0.05) is 6.92 Å². The van der Waals surface area contributed by atoms with Crippen LogP contribution in [0.4, 0.5) is 0 Å². The van der Waals surface area contributed by atoms with Crippen LogP contribution >= 0.6 is 0 Å². The lowest BCUT2D eigenvalue weighted by atomic mass is 10.0. The minimum atomic E-state index is -0.635. The molecule has 0 bridgehead atoms. The van der Waals surface area contributed by atoms with Gasteiger partial charge in [0.2, 0.25) is 0 Å². The van der Waals surface area contributed by atoms with Crippen LogP contribution in [0.3, 0.4) is 0 Å². The Morgan fingerprint density at radius 2 is 2.35 bits per heavy atom. The van der Waals surface area contributed by atoms with E-state index in [1.807, 2.05) is 32.2 Å². The quantitative estimate of drug-likeness (QED) is 0.738. The van der Waals surface area contributed by atoms with Crippen LogP contribution in [0.1, 0.15) is 25.8 Å². The third kappa shape index (κ3) is 2.84. The van der Waals surface area contributed by atoms with Gasteiger partial charge in [-0.3, -0.25) is 0 Å². The zero-order chi connectivity index (χ0) is 12.3. The highest BCUT2D eigenvalue weighted by atomic mass is 16.3. The van der Waals surface area contributed by atoms with Crippen molar-refractivity contribution < 1.29 is 5.11 Å². The Hall–Kier alpha value is -1.39. The lowest BCUT2D eigenvalue weighted by Crippen LogP contribution is -2.36. The van der Waals surface area contributed by atoms with Crippen molar-refractivity contribution >= 4 is 11.0 Å². The first-order valence-electron chi connectivity index (χ1n) is 5.96. The minimum absolute atomic E-state index is 0.594. The molecule has 2 heterocycles. The molecule has 0 saturated heterocycles. The first-order valence-corrected chi connectivity index (χ1v) is 5.96. The lowest BCUT2D eigenvalue weighted by molar-refractivity contribution is 0.0556. The van der Waals surface area contributed by atoms with Gasteiger partial charge < -0.3 is 15.4 Å². The number of aromatic nitrogens is 2. The predicted octanol–water partition coefficient (Wildman–Crippen LogP) is 1.81. The van der Waals surface area contributed by atoms with Gasteiger partial charge in [0.15, 0.2) is 0 Å². The normalized spacial score (nSPS) is 15.0. The Kier molecular flexibility index (Phi) is 3.45. The van der Waals surface area contributed by atoms with E-state index in [0.717, 1.165) is 24.0 Å². The molecule has 3 N–H and O–H groups in total. The fraction of sp³-hybridized carbons (Fsp3) is 0.462. The van der Waals surface area contributed by atoms with E-state index >= 15 is 0 Å². The molecule has 17 heavy (non-hydrogen) atoms. The Morgan fingerprint density at radius 3 is 3.12 bits per heavy atom. The highest BCUT2D eigenvalue weighted by molar-refractivity contribution is 5.79. The fourth-order valence-electron chi connectivity index (χ4n) is 1.75. The smallest absolute Gasteiger partial charge is 0.137 e. The summed E-state index contributed by atoms with van der Waals surface area (Å²) < 4.78 is 0. The number of nitrogens with zero attached hydrogens (tertiary/aromatic N) is 1. The second-order valence-corrected chi connectivity index (χ2v) is 4.67. The molecule has 2 aromatic rings. The second kappa shape index (κ2) is 4.85. The van der Waals surface area contributed by atoms with Crippen molar-refractivity contribution in [1.82, 2.24) is 15.3 Å². The fourth-order valence-corrected chi connectivity index (χ4v) is 1.75. The number of aromatic amines is 1. The van der Waals surface area contributed by atoms with E-state index in [9.17, 15) is 5.11 Å². The number of pyridine rings is 1. The maximum absolute atomic E-state index is 9.88. The maximum Gasteiger partial charge on any atom is 0.137 e. The lowest BCUT2D eigenvalue weighted by Gasteiger charge is -2.21. The Bertz CT molecular complexity index is 490. The molecule has 0 aliphatic carbocycles. The number of aliphatic hydroxyl groups is 1. The monoisotopic (exact) mass is 233 g/mol. The number of H-pyrrole nitrogens is 1. The molecule has 0 fully saturated rings. The van der Waals surface area contributed by atoms with Gasteiger partial charge in [-0.15, -0.1) is 0 Å². The third-order valence-electron chi connectivity index (χ3n) is 3.12. The van der Waals surface area contributed by atoms with Crippen molar-refractivity contribution in [2.24, 2.45) is 0 Å². The van der Waals surface area contributed by atoms with E-state index in [0.29, 0.717) is 6.54 Å². The van der Waals surface area contributed by atoms with Crippen LogP contribution in [0, 0.1) is 0 Å². The summed E-state index contributed by atoms with van der Waals surface area (Å²) in [6.45, 7) is 5.16. The topological polar surface area (TPSA) is 60.9 Å². The number of fused-ring (bicyclic) bond motifs is 1. The van der Waals surface area contributed by atoms with E-state index in [4.69, 9.17) is 0 Å². The summed E-state index contributed by atoms with van der Waals surface area (Å²) in [4.78, 5) is 7.38. The van der Waals surface area contributed by atoms with Crippen molar-refractivity contribution in [2.45, 2.75) is 32.4 Å². The summed E-state index contributed by atoms with van der Waals surface area (Å²) in [5.41, 5.74) is 1.45. The van der Waals surface area contributed by atoms with Gasteiger partial charge in [0.25, 0.3) is 0 Å². The molecular weight excluding hydrogens is 214 g/mol. The van der Waals surface area contributed by atoms with Crippen LogP contribution in [-0.2, 0) is 6.54 Å². The molecule has 0 aromatic carbocycles. The Labute approximate surface area is 101 Å². The molecular formula is C13H19N3O. The number of rotatable bonds is 5. The van der Waals surface area contributed by atoms with Crippen LogP contribution in [-0.4, -0.2) is 27.2 Å². The maximum atomic E-state index is 9.88. The minimum Gasteiger partial charge on any atom is -0.389 e. The van der Waals surface area contributed by atoms with Gasteiger partial charge in [0.05, 0.1) is 5.60 Å². The van der Waals surface area contributed by atoms with Gasteiger partial charge in [-0.25, -0.2) is 4.98 Å². The Morgan fingerprint density at radius 1 is 1.53 bits per heavy atom. The van der Waals surface area contributed by atoms with Gasteiger partial charge in [0, 0.05) is 30.9 Å². The molecule has 0 spiro atoms. The molecule has 0 aliphatic heterocycles. The first-order chi connectivity index (χ1) is 8.12. The molecule has 0 amide bonds. The zero-order valence-corrected chi connectivity index (χ0v) is 10.3. The largest absolute Gasteiger partial charge is 0.389 e. The Balaban J connectivity index is 2.00. The summed E-state index contributed by atoms with van der Waals surface area (Å²) in [6.07, 6.45) is 4.48. The summed E-state index contributed by atoms with van der Waals surface area (Å²) >= 11 is 0. The molecule has 0 aliphatic rings. The van der Waals surface area contributed by atoms with Gasteiger partial charge in [-0.2, -0.15) is 0 Å². The number of hydrogen-bond acceptors (Lipinski definition) is 3. The van der Waals surface area contributed by atoms with Crippen molar-refractivity contribution in [3.05, 3.63) is 30.1 Å². The van der Waals surface area contributed by atoms with Gasteiger partial charge in [-0.05, 0) is 31.0 Å². The van der Waals surface area contributed by atoms with Crippen LogP contribution in [0.2, 0.25) is 0 Å². The predicted molar refractivity (Wildman–Crippen MR) is 68.7 cm³/mol. The standard InChI is InChI=1S/C13H19N3O/c1-3-13(2,17)9-14-7-10-8-16-12-11(10)5-4-6-15-12/h4-6,8,14,17H,3,7,9H2,1-2H3,(H,15,16). The van der Waals surface area contributed by atoms with Crippen molar-refractivity contribution in [2.75, 3.05) is 6.54 Å². The zero-order valence-electron chi connectivity index (χ0n) is 10.3. The summed E-state index contributed by atoms with van der Waals surface area (Å²) in [7, 11) is 0. The van der Waals surface area contributed by atoms with E-state index in [2.05, 4.69) is 15.3 Å². The molecule has 4 heteroatoms. The van der Waals surface area contributed by atoms with Crippen LogP contribution in [0.25, 0.3) is 11.0 Å². The molecule has 2 rings (SSSR count). The molecule has 1 atom stereocenters. The van der Waals surface area contributed by atoms with Gasteiger partial charge >= 0.3 is 0 Å².